The summed E-state index contributed by atoms with van der Waals surface area (Å²) in [5, 5.41) is 2.31. The number of aromatic nitrogens is 1. The van der Waals surface area contributed by atoms with E-state index in [2.05, 4.69) is 4.98 Å². The molecule has 36 heavy (non-hydrogen) atoms. The van der Waals surface area contributed by atoms with Gasteiger partial charge in [-0.15, -0.1) is 11.3 Å². The molecule has 182 valence electrons. The van der Waals surface area contributed by atoms with Gasteiger partial charge < -0.3 is 9.47 Å². The molecule has 0 aliphatic heterocycles. The predicted molar refractivity (Wildman–Crippen MR) is 143 cm³/mol. The van der Waals surface area contributed by atoms with Crippen molar-refractivity contribution in [2.75, 3.05) is 12.0 Å². The molecule has 0 radical (unpaired) electrons. The van der Waals surface area contributed by atoms with E-state index in [9.17, 15) is 9.59 Å². The Labute approximate surface area is 214 Å². The van der Waals surface area contributed by atoms with Crippen molar-refractivity contribution in [2.24, 2.45) is 0 Å². The van der Waals surface area contributed by atoms with E-state index in [0.29, 0.717) is 22.1 Å². The molecule has 0 saturated carbocycles. The Morgan fingerprint density at radius 1 is 1.00 bits per heavy atom. The number of hydrogen-bond donors (Lipinski definition) is 0. The molecule has 1 heterocycles. The number of rotatable bonds is 8. The number of carbonyl (C=O) groups is 2. The third-order valence-corrected chi connectivity index (χ3v) is 6.27. The zero-order valence-corrected chi connectivity index (χ0v) is 21.1. The zero-order chi connectivity index (χ0) is 25.5. The third-order valence-electron chi connectivity index (χ3n) is 5.40. The highest BCUT2D eigenvalue weighted by Gasteiger charge is 2.20. The number of hydrogen-bond acceptors (Lipinski definition) is 6. The highest BCUT2D eigenvalue weighted by atomic mass is 32.1. The van der Waals surface area contributed by atoms with Crippen LogP contribution in [0.5, 0.6) is 5.75 Å². The number of thiazole rings is 1. The molecule has 0 N–H and O–H groups in total. The van der Waals surface area contributed by atoms with Gasteiger partial charge in [-0.1, -0.05) is 60.7 Å². The molecular formula is C29H26N2O4S. The number of methoxy groups -OCH3 is 1. The van der Waals surface area contributed by atoms with Gasteiger partial charge >= 0.3 is 5.97 Å². The number of benzene rings is 3. The Balaban J connectivity index is 1.56. The first kappa shape index (κ1) is 24.9. The van der Waals surface area contributed by atoms with Crippen LogP contribution in [0.1, 0.15) is 29.3 Å². The lowest BCUT2D eigenvalue weighted by atomic mass is 10.0. The van der Waals surface area contributed by atoms with E-state index < -0.39 is 5.97 Å². The number of carbonyl (C=O) groups excluding carboxylic acids is 2. The summed E-state index contributed by atoms with van der Waals surface area (Å²) in [6.07, 6.45) is 1.76. The fraction of sp³-hybridized carbons (Fsp3) is 0.138. The summed E-state index contributed by atoms with van der Waals surface area (Å²) in [4.78, 5) is 31.7. The standard InChI is InChI=1S/C29H26N2O4S/c1-20-10-9-14-25(16-20)31(21(2)32)29-30-24(19-36-29)18-35-28(33)26(22-11-5-4-6-12-22)17-23-13-7-8-15-27(23)34-3/h4-17,19H,18H2,1-3H3/b26-17+. The van der Waals surface area contributed by atoms with E-state index in [-0.39, 0.29) is 12.5 Å². The van der Waals surface area contributed by atoms with Crippen LogP contribution < -0.4 is 9.64 Å². The molecule has 0 saturated heterocycles. The maximum atomic E-state index is 13.2. The minimum Gasteiger partial charge on any atom is -0.496 e. The van der Waals surface area contributed by atoms with Crippen LogP contribution in [-0.2, 0) is 20.9 Å². The fourth-order valence-electron chi connectivity index (χ4n) is 3.70. The van der Waals surface area contributed by atoms with Gasteiger partial charge in [0.1, 0.15) is 12.4 Å². The molecule has 1 amide bonds. The molecule has 0 aliphatic carbocycles. The van der Waals surface area contributed by atoms with Gasteiger partial charge in [0.25, 0.3) is 0 Å². The summed E-state index contributed by atoms with van der Waals surface area (Å²) < 4.78 is 11.1. The van der Waals surface area contributed by atoms with Crippen molar-refractivity contribution >= 4 is 45.7 Å². The Morgan fingerprint density at radius 3 is 2.47 bits per heavy atom. The van der Waals surface area contributed by atoms with Crippen molar-refractivity contribution in [3.8, 4) is 5.75 Å². The second-order valence-corrected chi connectivity index (χ2v) is 8.89. The first-order chi connectivity index (χ1) is 17.5. The van der Waals surface area contributed by atoms with Gasteiger partial charge in [0.2, 0.25) is 5.91 Å². The van der Waals surface area contributed by atoms with Crippen molar-refractivity contribution in [1.29, 1.82) is 0 Å². The van der Waals surface area contributed by atoms with Crippen molar-refractivity contribution in [3.05, 3.63) is 107 Å². The van der Waals surface area contributed by atoms with Crippen LogP contribution in [0.2, 0.25) is 0 Å². The Bertz CT molecular complexity index is 1400. The topological polar surface area (TPSA) is 68.7 Å². The molecule has 3 aromatic carbocycles. The number of anilines is 2. The van der Waals surface area contributed by atoms with E-state index in [1.807, 2.05) is 85.8 Å². The molecule has 0 fully saturated rings. The maximum Gasteiger partial charge on any atom is 0.339 e. The van der Waals surface area contributed by atoms with E-state index in [1.54, 1.807) is 23.5 Å². The number of ether oxygens (including phenoxy) is 2. The van der Waals surface area contributed by atoms with Gasteiger partial charge in [0.15, 0.2) is 5.13 Å². The van der Waals surface area contributed by atoms with E-state index >= 15 is 0 Å². The van der Waals surface area contributed by atoms with Crippen LogP contribution in [0, 0.1) is 6.92 Å². The summed E-state index contributed by atoms with van der Waals surface area (Å²) >= 11 is 1.32. The normalized spacial score (nSPS) is 11.1. The Hall–Kier alpha value is -4.23. The number of amides is 1. The number of esters is 1. The lowest BCUT2D eigenvalue weighted by molar-refractivity contribution is -0.137. The molecule has 0 atom stereocenters. The number of aryl methyl sites for hydroxylation is 1. The van der Waals surface area contributed by atoms with Gasteiger partial charge in [-0.25, -0.2) is 9.78 Å². The zero-order valence-electron chi connectivity index (χ0n) is 20.3. The van der Waals surface area contributed by atoms with E-state index in [4.69, 9.17) is 9.47 Å². The Kier molecular flexibility index (Phi) is 7.92. The van der Waals surface area contributed by atoms with Crippen molar-refractivity contribution in [1.82, 2.24) is 4.98 Å². The monoisotopic (exact) mass is 498 g/mol. The highest BCUT2D eigenvalue weighted by Crippen LogP contribution is 2.30. The first-order valence-corrected chi connectivity index (χ1v) is 12.2. The average molecular weight is 499 g/mol. The first-order valence-electron chi connectivity index (χ1n) is 11.4. The van der Waals surface area contributed by atoms with Gasteiger partial charge in [-0.05, 0) is 42.3 Å². The van der Waals surface area contributed by atoms with Crippen LogP contribution in [0.25, 0.3) is 11.6 Å². The SMILES string of the molecule is COc1ccccc1/C=C(/C(=O)OCc1csc(N(C(C)=O)c2cccc(C)c2)n1)c1ccccc1. The maximum absolute atomic E-state index is 13.2. The smallest absolute Gasteiger partial charge is 0.339 e. The van der Waals surface area contributed by atoms with Crippen LogP contribution in [0.4, 0.5) is 10.8 Å². The van der Waals surface area contributed by atoms with Crippen molar-refractivity contribution in [2.45, 2.75) is 20.5 Å². The summed E-state index contributed by atoms with van der Waals surface area (Å²) in [5.41, 5.74) is 4.25. The molecule has 0 bridgehead atoms. The molecule has 6 nitrogen and oxygen atoms in total. The molecule has 0 unspecified atom stereocenters. The second-order valence-electron chi connectivity index (χ2n) is 8.06. The molecule has 0 spiro atoms. The molecule has 0 aliphatic rings. The number of nitrogens with zero attached hydrogens (tertiary/aromatic N) is 2. The van der Waals surface area contributed by atoms with Crippen LogP contribution in [0.3, 0.4) is 0 Å². The summed E-state index contributed by atoms with van der Waals surface area (Å²) in [7, 11) is 1.59. The summed E-state index contributed by atoms with van der Waals surface area (Å²) in [5.74, 6) is 0.0247. The minimum atomic E-state index is -0.483. The second kappa shape index (κ2) is 11.5. The molecule has 4 rings (SSSR count). The van der Waals surface area contributed by atoms with Gasteiger partial charge in [0.05, 0.1) is 24.1 Å². The molecule has 1 aromatic heterocycles. The average Bonchev–Trinajstić information content (AvgIpc) is 3.34. The fourth-order valence-corrected chi connectivity index (χ4v) is 4.57. The lowest BCUT2D eigenvalue weighted by Gasteiger charge is -2.18. The van der Waals surface area contributed by atoms with Crippen LogP contribution in [0.15, 0.2) is 84.2 Å². The van der Waals surface area contributed by atoms with Gasteiger partial charge in [0, 0.05) is 17.9 Å². The summed E-state index contributed by atoms with van der Waals surface area (Å²) in [6.45, 7) is 3.45. The predicted octanol–water partition coefficient (Wildman–Crippen LogP) is 6.43. The Morgan fingerprint density at radius 2 is 1.75 bits per heavy atom. The third kappa shape index (κ3) is 5.87. The molecular weight excluding hydrogens is 472 g/mol. The molecule has 7 heteroatoms. The van der Waals surface area contributed by atoms with E-state index in [0.717, 1.165) is 22.4 Å². The minimum absolute atomic E-state index is 0.0228. The van der Waals surface area contributed by atoms with Crippen molar-refractivity contribution < 1.29 is 19.1 Å². The van der Waals surface area contributed by atoms with Crippen LogP contribution in [-0.4, -0.2) is 24.0 Å². The molecule has 4 aromatic rings. The largest absolute Gasteiger partial charge is 0.496 e. The quantitative estimate of drug-likeness (QED) is 0.159. The highest BCUT2D eigenvalue weighted by molar-refractivity contribution is 7.14. The van der Waals surface area contributed by atoms with Gasteiger partial charge in [-0.2, -0.15) is 0 Å². The summed E-state index contributed by atoms with van der Waals surface area (Å²) in [6, 6.07) is 24.5. The lowest BCUT2D eigenvalue weighted by Crippen LogP contribution is -2.22. The van der Waals surface area contributed by atoms with Crippen LogP contribution >= 0.6 is 11.3 Å². The number of para-hydroxylation sites is 1. The van der Waals surface area contributed by atoms with Crippen molar-refractivity contribution in [3.63, 3.8) is 0 Å². The van der Waals surface area contributed by atoms with Gasteiger partial charge in [-0.3, -0.25) is 9.69 Å². The van der Waals surface area contributed by atoms with E-state index in [1.165, 1.54) is 18.3 Å².